The fourth-order valence-electron chi connectivity index (χ4n) is 2.39. The molecule has 0 fully saturated rings. The van der Waals surface area contributed by atoms with E-state index in [0.29, 0.717) is 11.3 Å². The van der Waals surface area contributed by atoms with Gasteiger partial charge in [-0.3, -0.25) is 9.48 Å². The molecule has 1 N–H and O–H groups in total. The lowest BCUT2D eigenvalue weighted by molar-refractivity contribution is -0.136. The van der Waals surface area contributed by atoms with Gasteiger partial charge in [0.25, 0.3) is 0 Å². The normalized spacial score (nSPS) is 10.9. The van der Waals surface area contributed by atoms with Crippen molar-refractivity contribution in [3.63, 3.8) is 0 Å². The van der Waals surface area contributed by atoms with E-state index in [1.165, 1.54) is 0 Å². The molecule has 23 heavy (non-hydrogen) atoms. The van der Waals surface area contributed by atoms with E-state index in [1.54, 1.807) is 29.1 Å². The molecule has 2 heterocycles. The van der Waals surface area contributed by atoms with Crippen LogP contribution in [0.1, 0.15) is 11.3 Å². The largest absolute Gasteiger partial charge is 0.487 e. The predicted molar refractivity (Wildman–Crippen MR) is 88.3 cm³/mol. The molecule has 0 saturated heterocycles. The van der Waals surface area contributed by atoms with Gasteiger partial charge in [-0.1, -0.05) is 18.2 Å². The Labute approximate surface area is 140 Å². The van der Waals surface area contributed by atoms with Gasteiger partial charge in [0.2, 0.25) is 0 Å². The second-order valence-corrected chi connectivity index (χ2v) is 5.98. The first-order chi connectivity index (χ1) is 11.0. The van der Waals surface area contributed by atoms with Gasteiger partial charge in [0.05, 0.1) is 6.42 Å². The lowest BCUT2D eigenvalue weighted by Gasteiger charge is -2.09. The highest BCUT2D eigenvalue weighted by molar-refractivity contribution is 9.10. The zero-order valence-corrected chi connectivity index (χ0v) is 13.9. The summed E-state index contributed by atoms with van der Waals surface area (Å²) in [5.41, 5.74) is 2.16. The third-order valence-electron chi connectivity index (χ3n) is 3.40. The number of halogens is 1. The van der Waals surface area contributed by atoms with Crippen molar-refractivity contribution < 1.29 is 14.6 Å². The van der Waals surface area contributed by atoms with Gasteiger partial charge in [0.15, 0.2) is 5.65 Å². The number of fused-ring (bicyclic) bond motifs is 1. The highest BCUT2D eigenvalue weighted by Gasteiger charge is 2.13. The van der Waals surface area contributed by atoms with Crippen molar-refractivity contribution >= 4 is 32.9 Å². The molecule has 0 amide bonds. The molecule has 0 bridgehead atoms. The average molecular weight is 376 g/mol. The van der Waals surface area contributed by atoms with Crippen molar-refractivity contribution in [3.8, 4) is 5.75 Å². The number of aromatic nitrogens is 3. The van der Waals surface area contributed by atoms with Crippen LogP contribution in [0.4, 0.5) is 0 Å². The third-order valence-corrected chi connectivity index (χ3v) is 3.83. The molecule has 7 heteroatoms. The number of ether oxygens (including phenoxy) is 1. The molecule has 3 rings (SSSR count). The Balaban J connectivity index is 1.87. The van der Waals surface area contributed by atoms with Crippen LogP contribution in [-0.4, -0.2) is 25.8 Å². The molecule has 0 aliphatic heterocycles. The Bertz CT molecular complexity index is 876. The summed E-state index contributed by atoms with van der Waals surface area (Å²) in [6.07, 6.45) is 1.64. The Hall–Kier alpha value is -2.41. The quantitative estimate of drug-likeness (QED) is 0.741. The predicted octanol–water partition coefficient (Wildman–Crippen LogP) is 2.94. The summed E-state index contributed by atoms with van der Waals surface area (Å²) in [5, 5.41) is 14.3. The number of rotatable bonds is 5. The maximum Gasteiger partial charge on any atom is 0.307 e. The number of hydrogen-bond donors (Lipinski definition) is 1. The van der Waals surface area contributed by atoms with Gasteiger partial charge in [-0.05, 0) is 28.1 Å². The summed E-state index contributed by atoms with van der Waals surface area (Å²) >= 11 is 3.40. The smallest absolute Gasteiger partial charge is 0.307 e. The number of aliphatic carboxylic acids is 1. The van der Waals surface area contributed by atoms with Crippen molar-refractivity contribution in [3.05, 3.63) is 52.3 Å². The Morgan fingerprint density at radius 3 is 2.96 bits per heavy atom. The summed E-state index contributed by atoms with van der Waals surface area (Å²) < 4.78 is 8.37. The lowest BCUT2D eigenvalue weighted by Crippen LogP contribution is -2.04. The molecule has 3 aromatic rings. The van der Waals surface area contributed by atoms with Gasteiger partial charge in [0.1, 0.15) is 18.1 Å². The van der Waals surface area contributed by atoms with Crippen LogP contribution in [0, 0.1) is 0 Å². The van der Waals surface area contributed by atoms with Crippen molar-refractivity contribution in [1.82, 2.24) is 14.8 Å². The molecule has 0 aliphatic carbocycles. The van der Waals surface area contributed by atoms with E-state index >= 15 is 0 Å². The molecule has 0 atom stereocenters. The zero-order chi connectivity index (χ0) is 16.4. The van der Waals surface area contributed by atoms with E-state index in [2.05, 4.69) is 26.0 Å². The molecule has 1 aromatic carbocycles. The molecule has 0 unspecified atom stereocenters. The number of para-hydroxylation sites is 1. The minimum Gasteiger partial charge on any atom is -0.487 e. The summed E-state index contributed by atoms with van der Waals surface area (Å²) in [6, 6.07) is 9.06. The highest BCUT2D eigenvalue weighted by atomic mass is 79.9. The fraction of sp³-hybridized carbons (Fsp3) is 0.188. The van der Waals surface area contributed by atoms with Crippen LogP contribution in [-0.2, 0) is 24.9 Å². The molecule has 0 aliphatic rings. The standard InChI is InChI=1S/C16H14BrN3O3/c1-20-16-12(7-11(17)8-18-16)13(19-20)9-23-14-5-3-2-4-10(14)6-15(21)22/h2-5,7-8H,6,9H2,1H3,(H,21,22). The molecular weight excluding hydrogens is 362 g/mol. The maximum absolute atomic E-state index is 10.9. The van der Waals surface area contributed by atoms with Crippen molar-refractivity contribution in [2.75, 3.05) is 0 Å². The number of pyridine rings is 1. The van der Waals surface area contributed by atoms with Crippen LogP contribution in [0.15, 0.2) is 41.0 Å². The zero-order valence-electron chi connectivity index (χ0n) is 12.4. The molecule has 0 saturated carbocycles. The van der Waals surface area contributed by atoms with Gasteiger partial charge >= 0.3 is 5.97 Å². The Morgan fingerprint density at radius 1 is 1.39 bits per heavy atom. The highest BCUT2D eigenvalue weighted by Crippen LogP contribution is 2.24. The second-order valence-electron chi connectivity index (χ2n) is 5.06. The van der Waals surface area contributed by atoms with Crippen molar-refractivity contribution in [2.24, 2.45) is 7.05 Å². The third kappa shape index (κ3) is 3.34. The van der Waals surface area contributed by atoms with Crippen LogP contribution < -0.4 is 4.74 Å². The fourth-order valence-corrected chi connectivity index (χ4v) is 2.72. The molecule has 0 radical (unpaired) electrons. The second kappa shape index (κ2) is 6.37. The van der Waals surface area contributed by atoms with Crippen LogP contribution in [0.2, 0.25) is 0 Å². The number of aryl methyl sites for hydroxylation is 1. The monoisotopic (exact) mass is 375 g/mol. The van der Waals surface area contributed by atoms with Gasteiger partial charge < -0.3 is 9.84 Å². The number of carbonyl (C=O) groups is 1. The number of hydrogen-bond acceptors (Lipinski definition) is 4. The first-order valence-electron chi connectivity index (χ1n) is 6.94. The Morgan fingerprint density at radius 2 is 2.17 bits per heavy atom. The van der Waals surface area contributed by atoms with E-state index in [1.807, 2.05) is 19.2 Å². The van der Waals surface area contributed by atoms with Gasteiger partial charge in [0, 0.05) is 28.7 Å². The van der Waals surface area contributed by atoms with Crippen molar-refractivity contribution in [2.45, 2.75) is 13.0 Å². The first kappa shape index (κ1) is 15.5. The van der Waals surface area contributed by atoms with E-state index in [-0.39, 0.29) is 13.0 Å². The SMILES string of the molecule is Cn1nc(COc2ccccc2CC(=O)O)c2cc(Br)cnc21. The minimum atomic E-state index is -0.891. The van der Waals surface area contributed by atoms with Gasteiger partial charge in [-0.25, -0.2) is 4.98 Å². The number of benzene rings is 1. The number of nitrogens with zero attached hydrogens (tertiary/aromatic N) is 3. The maximum atomic E-state index is 10.9. The van der Waals surface area contributed by atoms with Crippen molar-refractivity contribution in [1.29, 1.82) is 0 Å². The minimum absolute atomic E-state index is 0.0771. The number of carboxylic acids is 1. The summed E-state index contributed by atoms with van der Waals surface area (Å²) in [7, 11) is 1.82. The molecule has 2 aromatic heterocycles. The van der Waals surface area contributed by atoms with E-state index in [0.717, 1.165) is 21.2 Å². The van der Waals surface area contributed by atoms with Gasteiger partial charge in [-0.2, -0.15) is 5.10 Å². The molecule has 6 nitrogen and oxygen atoms in total. The molecule has 0 spiro atoms. The lowest BCUT2D eigenvalue weighted by atomic mass is 10.1. The van der Waals surface area contributed by atoms with Crippen LogP contribution in [0.3, 0.4) is 0 Å². The molecular formula is C16H14BrN3O3. The summed E-state index contributed by atoms with van der Waals surface area (Å²) in [6.45, 7) is 0.242. The van der Waals surface area contributed by atoms with E-state index in [4.69, 9.17) is 9.84 Å². The van der Waals surface area contributed by atoms with E-state index in [9.17, 15) is 4.79 Å². The van der Waals surface area contributed by atoms with Crippen LogP contribution in [0.5, 0.6) is 5.75 Å². The van der Waals surface area contributed by atoms with E-state index < -0.39 is 5.97 Å². The topological polar surface area (TPSA) is 77.2 Å². The van der Waals surface area contributed by atoms with Crippen LogP contribution >= 0.6 is 15.9 Å². The Kier molecular flexibility index (Phi) is 4.29. The summed E-state index contributed by atoms with van der Waals surface area (Å²) in [4.78, 5) is 15.3. The summed E-state index contributed by atoms with van der Waals surface area (Å²) in [5.74, 6) is -0.339. The number of carboxylic acid groups (broad SMARTS) is 1. The van der Waals surface area contributed by atoms with Crippen LogP contribution in [0.25, 0.3) is 11.0 Å². The van der Waals surface area contributed by atoms with Gasteiger partial charge in [-0.15, -0.1) is 0 Å². The first-order valence-corrected chi connectivity index (χ1v) is 7.73. The molecule has 118 valence electrons. The average Bonchev–Trinajstić information content (AvgIpc) is 2.81.